The van der Waals surface area contributed by atoms with Crippen LogP contribution in [0, 0.1) is 5.82 Å². The number of nitrogens with zero attached hydrogens (tertiary/aromatic N) is 3. The summed E-state index contributed by atoms with van der Waals surface area (Å²) in [6.07, 6.45) is 1.62. The fourth-order valence-electron chi connectivity index (χ4n) is 3.74. The third-order valence-electron chi connectivity index (χ3n) is 5.50. The molecule has 0 spiro atoms. The molecule has 0 bridgehead atoms. The van der Waals surface area contributed by atoms with Crippen LogP contribution in [0.3, 0.4) is 0 Å². The third kappa shape index (κ3) is 3.60. The molecule has 162 valence electrons. The molecule has 3 aromatic rings. The van der Waals surface area contributed by atoms with Gasteiger partial charge in [-0.2, -0.15) is 0 Å². The highest BCUT2D eigenvalue weighted by Crippen LogP contribution is 2.34. The molecule has 0 aliphatic carbocycles. The Bertz CT molecular complexity index is 1200. The van der Waals surface area contributed by atoms with Crippen molar-refractivity contribution in [1.29, 1.82) is 0 Å². The first-order valence-electron chi connectivity index (χ1n) is 9.57. The van der Waals surface area contributed by atoms with E-state index in [0.717, 1.165) is 0 Å². The minimum atomic E-state index is -4.08. The molecule has 11 heteroatoms. The van der Waals surface area contributed by atoms with Crippen molar-refractivity contribution in [3.05, 3.63) is 60.5 Å². The second kappa shape index (κ2) is 8.17. The summed E-state index contributed by atoms with van der Waals surface area (Å²) in [5.41, 5.74) is 2.66. The van der Waals surface area contributed by atoms with Crippen LogP contribution in [0.4, 0.5) is 4.39 Å². The maximum atomic E-state index is 14.0. The lowest BCUT2D eigenvalue weighted by Crippen LogP contribution is -2.57. The fourth-order valence-corrected chi connectivity index (χ4v) is 5.71. The van der Waals surface area contributed by atoms with Crippen molar-refractivity contribution >= 4 is 15.7 Å². The van der Waals surface area contributed by atoms with Crippen molar-refractivity contribution in [2.75, 3.05) is 13.1 Å². The Balaban J connectivity index is 1.65. The van der Waals surface area contributed by atoms with E-state index in [9.17, 15) is 17.6 Å². The summed E-state index contributed by atoms with van der Waals surface area (Å²) in [4.78, 5) is 12.3. The largest absolute Gasteiger partial charge is 0.317 e. The lowest BCUT2D eigenvalue weighted by atomic mass is 9.96. The molecular weight excluding hydrogens is 425 g/mol. The summed E-state index contributed by atoms with van der Waals surface area (Å²) >= 11 is 0. The average molecular weight is 445 g/mol. The molecular formula is C20H20FN5O4S. The van der Waals surface area contributed by atoms with E-state index in [2.05, 4.69) is 15.6 Å². The zero-order valence-corrected chi connectivity index (χ0v) is 17.1. The number of carbonyl (C=O) groups is 1. The molecule has 1 amide bonds. The molecule has 0 radical (unpaired) electrons. The van der Waals surface area contributed by atoms with Crippen LogP contribution in [0.15, 0.2) is 59.6 Å². The van der Waals surface area contributed by atoms with Crippen LogP contribution in [0.2, 0.25) is 0 Å². The SMILES string of the molecule is O=C(NO)C1(S(=O)(=O)c2ccc(-n3cc(-c4ccccc4F)nn3)cc2)CCNCC1. The number of rotatable bonds is 5. The molecule has 1 aliphatic rings. The first-order chi connectivity index (χ1) is 14.9. The molecule has 2 heterocycles. The summed E-state index contributed by atoms with van der Waals surface area (Å²) in [7, 11) is -4.08. The highest BCUT2D eigenvalue weighted by molar-refractivity contribution is 7.93. The molecule has 0 saturated carbocycles. The Morgan fingerprint density at radius 1 is 1.13 bits per heavy atom. The van der Waals surface area contributed by atoms with Gasteiger partial charge in [-0.15, -0.1) is 5.10 Å². The molecule has 0 unspecified atom stereocenters. The first kappa shape index (κ1) is 21.1. The summed E-state index contributed by atoms with van der Waals surface area (Å²) in [6.45, 7) is 0.672. The summed E-state index contributed by atoms with van der Waals surface area (Å²) in [5.74, 6) is -1.37. The van der Waals surface area contributed by atoms with Crippen molar-refractivity contribution < 1.29 is 22.8 Å². The van der Waals surface area contributed by atoms with Gasteiger partial charge in [0.2, 0.25) is 0 Å². The Hall–Kier alpha value is -3.15. The third-order valence-corrected chi connectivity index (χ3v) is 8.01. The molecule has 2 aromatic carbocycles. The Morgan fingerprint density at radius 3 is 2.45 bits per heavy atom. The Morgan fingerprint density at radius 2 is 1.81 bits per heavy atom. The minimum Gasteiger partial charge on any atom is -0.317 e. The first-order valence-corrected chi connectivity index (χ1v) is 11.0. The Labute approximate surface area is 177 Å². The predicted molar refractivity (Wildman–Crippen MR) is 109 cm³/mol. The van der Waals surface area contributed by atoms with Crippen LogP contribution in [-0.2, 0) is 14.6 Å². The summed E-state index contributed by atoms with van der Waals surface area (Å²) in [5, 5.41) is 20.1. The van der Waals surface area contributed by atoms with E-state index in [1.165, 1.54) is 46.7 Å². The van der Waals surface area contributed by atoms with Gasteiger partial charge in [0, 0.05) is 5.56 Å². The summed E-state index contributed by atoms with van der Waals surface area (Å²) in [6, 6.07) is 12.0. The smallest absolute Gasteiger partial charge is 0.265 e. The van der Waals surface area contributed by atoms with Gasteiger partial charge in [0.15, 0.2) is 14.6 Å². The lowest BCUT2D eigenvalue weighted by molar-refractivity contribution is -0.132. The van der Waals surface area contributed by atoms with Gasteiger partial charge in [0.25, 0.3) is 5.91 Å². The number of carbonyl (C=O) groups excluding carboxylic acids is 1. The van der Waals surface area contributed by atoms with Gasteiger partial charge in [-0.05, 0) is 62.3 Å². The minimum absolute atomic E-state index is 0.0402. The number of nitrogens with one attached hydrogen (secondary N) is 2. The molecule has 1 fully saturated rings. The van der Waals surface area contributed by atoms with Crippen LogP contribution in [-0.4, -0.2) is 52.4 Å². The van der Waals surface area contributed by atoms with Crippen molar-refractivity contribution in [2.24, 2.45) is 0 Å². The van der Waals surface area contributed by atoms with E-state index in [1.807, 2.05) is 0 Å². The van der Waals surface area contributed by atoms with E-state index < -0.39 is 26.3 Å². The second-order valence-electron chi connectivity index (χ2n) is 7.21. The zero-order valence-electron chi connectivity index (χ0n) is 16.3. The van der Waals surface area contributed by atoms with Crippen molar-refractivity contribution in [3.8, 4) is 16.9 Å². The normalized spacial score (nSPS) is 16.1. The molecule has 0 atom stereocenters. The molecule has 1 aromatic heterocycles. The molecule has 9 nitrogen and oxygen atoms in total. The monoisotopic (exact) mass is 445 g/mol. The fraction of sp³-hybridized carbons (Fsp3) is 0.250. The molecule has 4 rings (SSSR count). The lowest BCUT2D eigenvalue weighted by Gasteiger charge is -2.34. The molecule has 31 heavy (non-hydrogen) atoms. The topological polar surface area (TPSA) is 126 Å². The number of piperidine rings is 1. The number of aromatic nitrogens is 3. The van der Waals surface area contributed by atoms with Gasteiger partial charge >= 0.3 is 0 Å². The van der Waals surface area contributed by atoms with E-state index in [-0.39, 0.29) is 17.7 Å². The number of hydroxylamine groups is 1. The van der Waals surface area contributed by atoms with Crippen molar-refractivity contribution in [2.45, 2.75) is 22.5 Å². The van der Waals surface area contributed by atoms with Gasteiger partial charge in [0.05, 0.1) is 16.8 Å². The van der Waals surface area contributed by atoms with Gasteiger partial charge in [-0.25, -0.2) is 23.0 Å². The molecule has 1 aliphatic heterocycles. The van der Waals surface area contributed by atoms with Crippen molar-refractivity contribution in [1.82, 2.24) is 25.8 Å². The number of hydrogen-bond donors (Lipinski definition) is 3. The van der Waals surface area contributed by atoms with Gasteiger partial charge in [-0.1, -0.05) is 17.3 Å². The van der Waals surface area contributed by atoms with Crippen LogP contribution < -0.4 is 10.8 Å². The van der Waals surface area contributed by atoms with Gasteiger partial charge in [0.1, 0.15) is 11.5 Å². The van der Waals surface area contributed by atoms with Crippen molar-refractivity contribution in [3.63, 3.8) is 0 Å². The predicted octanol–water partition coefficient (Wildman–Crippen LogP) is 1.47. The van der Waals surface area contributed by atoms with Crippen LogP contribution in [0.25, 0.3) is 16.9 Å². The number of benzene rings is 2. The van der Waals surface area contributed by atoms with Gasteiger partial charge < -0.3 is 5.32 Å². The quantitative estimate of drug-likeness (QED) is 0.401. The maximum absolute atomic E-state index is 14.0. The van der Waals surface area contributed by atoms with Crippen LogP contribution in [0.5, 0.6) is 0 Å². The number of amides is 1. The highest BCUT2D eigenvalue weighted by atomic mass is 32.2. The second-order valence-corrected chi connectivity index (χ2v) is 9.47. The van der Waals surface area contributed by atoms with E-state index in [1.54, 1.807) is 18.2 Å². The molecule has 3 N–H and O–H groups in total. The average Bonchev–Trinajstić information content (AvgIpc) is 3.29. The summed E-state index contributed by atoms with van der Waals surface area (Å²) < 4.78 is 40.2. The van der Waals surface area contributed by atoms with E-state index in [4.69, 9.17) is 5.21 Å². The Kier molecular flexibility index (Phi) is 5.56. The van der Waals surface area contributed by atoms with Gasteiger partial charge in [-0.3, -0.25) is 10.0 Å². The zero-order chi connectivity index (χ0) is 22.1. The van der Waals surface area contributed by atoms with E-state index in [0.29, 0.717) is 30.0 Å². The highest BCUT2D eigenvalue weighted by Gasteiger charge is 2.51. The van der Waals surface area contributed by atoms with Crippen LogP contribution >= 0.6 is 0 Å². The number of sulfone groups is 1. The number of halogens is 1. The number of hydrogen-bond acceptors (Lipinski definition) is 7. The van der Waals surface area contributed by atoms with Crippen LogP contribution in [0.1, 0.15) is 12.8 Å². The van der Waals surface area contributed by atoms with E-state index >= 15 is 0 Å². The maximum Gasteiger partial charge on any atom is 0.265 e. The standard InChI is InChI=1S/C20H20FN5O4S/c21-17-4-2-1-3-16(17)18-13-26(25-23-18)14-5-7-15(8-6-14)31(29,30)20(19(27)24-28)9-11-22-12-10-20/h1-8,13,22,28H,9-12H2,(H,24,27). The molecule has 1 saturated heterocycles.